The van der Waals surface area contributed by atoms with Gasteiger partial charge in [0.1, 0.15) is 12.6 Å². The summed E-state index contributed by atoms with van der Waals surface area (Å²) < 4.78 is 10.1. The van der Waals surface area contributed by atoms with Crippen LogP contribution in [0.4, 0.5) is 4.79 Å². The van der Waals surface area contributed by atoms with Gasteiger partial charge in [-0.05, 0) is 35.2 Å². The lowest BCUT2D eigenvalue weighted by Crippen LogP contribution is -2.43. The highest BCUT2D eigenvalue weighted by molar-refractivity contribution is 5.85. The number of methoxy groups -OCH3 is 1. The first-order valence-corrected chi connectivity index (χ1v) is 8.55. The maximum Gasteiger partial charge on any atom is 0.407 e. The van der Waals surface area contributed by atoms with Crippen LogP contribution in [0.15, 0.2) is 48.5 Å². The van der Waals surface area contributed by atoms with Gasteiger partial charge in [-0.3, -0.25) is 0 Å². The second-order valence-electron chi connectivity index (χ2n) is 6.12. The summed E-state index contributed by atoms with van der Waals surface area (Å²) in [4.78, 5) is 23.8. The van der Waals surface area contributed by atoms with Gasteiger partial charge >= 0.3 is 12.1 Å². The molecule has 0 aromatic heterocycles. The number of rotatable bonds is 6. The van der Waals surface area contributed by atoms with Crippen molar-refractivity contribution in [2.24, 2.45) is 5.73 Å². The average molecular weight is 391 g/mol. The van der Waals surface area contributed by atoms with Gasteiger partial charge in [0.25, 0.3) is 0 Å². The number of esters is 1. The molecule has 0 saturated carbocycles. The molecule has 1 amide bonds. The number of alkyl carbamates (subject to hydrolysis) is 1. The van der Waals surface area contributed by atoms with E-state index in [1.54, 1.807) is 0 Å². The van der Waals surface area contributed by atoms with Gasteiger partial charge in [-0.1, -0.05) is 48.5 Å². The van der Waals surface area contributed by atoms with Crippen LogP contribution in [0.2, 0.25) is 0 Å². The Hall–Kier alpha value is -2.57. The Labute approximate surface area is 164 Å². The second-order valence-corrected chi connectivity index (χ2v) is 6.12. The quantitative estimate of drug-likeness (QED) is 0.740. The summed E-state index contributed by atoms with van der Waals surface area (Å²) >= 11 is 0. The molecule has 3 rings (SSSR count). The molecule has 0 bridgehead atoms. The summed E-state index contributed by atoms with van der Waals surface area (Å²) in [7, 11) is 1.27. The molecule has 27 heavy (non-hydrogen) atoms. The summed E-state index contributed by atoms with van der Waals surface area (Å²) in [5.41, 5.74) is 10.1. The predicted octanol–water partition coefficient (Wildman–Crippen LogP) is 2.84. The number of hydrogen-bond donors (Lipinski definition) is 2. The fraction of sp³-hybridized carbons (Fsp3) is 0.300. The minimum Gasteiger partial charge on any atom is -0.467 e. The molecule has 1 atom stereocenters. The number of nitrogens with one attached hydrogen (secondary N) is 1. The Morgan fingerprint density at radius 2 is 1.63 bits per heavy atom. The number of amides is 1. The van der Waals surface area contributed by atoms with E-state index in [1.165, 1.54) is 7.11 Å². The number of halogens is 1. The third kappa shape index (κ3) is 4.40. The van der Waals surface area contributed by atoms with E-state index >= 15 is 0 Å². The molecule has 0 unspecified atom stereocenters. The molecule has 7 heteroatoms. The van der Waals surface area contributed by atoms with Crippen molar-refractivity contribution in [3.8, 4) is 11.1 Å². The first kappa shape index (κ1) is 20.7. The van der Waals surface area contributed by atoms with Crippen LogP contribution in [0, 0.1) is 0 Å². The van der Waals surface area contributed by atoms with E-state index in [0.717, 1.165) is 22.3 Å². The molecule has 6 nitrogen and oxygen atoms in total. The van der Waals surface area contributed by atoms with Crippen LogP contribution in [0.25, 0.3) is 11.1 Å². The number of fused-ring (bicyclic) bond motifs is 3. The van der Waals surface area contributed by atoms with Crippen LogP contribution in [0.3, 0.4) is 0 Å². The van der Waals surface area contributed by atoms with Gasteiger partial charge in [0, 0.05) is 5.92 Å². The first-order chi connectivity index (χ1) is 12.7. The van der Waals surface area contributed by atoms with E-state index in [9.17, 15) is 9.59 Å². The zero-order chi connectivity index (χ0) is 18.5. The number of hydrogen-bond acceptors (Lipinski definition) is 5. The summed E-state index contributed by atoms with van der Waals surface area (Å²) in [5, 5.41) is 2.52. The standard InChI is InChI=1S/C20H22N2O4.ClH/c1-25-19(23)18(10-11-21)22-20(24)26-12-17-15-8-4-2-6-13(15)14-7-3-5-9-16(14)17;/h2-9,17-18H,10-12,21H2,1H3,(H,22,24);1H/t18-;/m0./s1. The van der Waals surface area contributed by atoms with Crippen LogP contribution in [-0.2, 0) is 14.3 Å². The molecule has 2 aromatic carbocycles. The van der Waals surface area contributed by atoms with Crippen molar-refractivity contribution in [1.29, 1.82) is 0 Å². The molecule has 3 N–H and O–H groups in total. The van der Waals surface area contributed by atoms with Crippen molar-refractivity contribution >= 4 is 24.5 Å². The largest absolute Gasteiger partial charge is 0.467 e. The number of ether oxygens (including phenoxy) is 2. The van der Waals surface area contributed by atoms with Crippen LogP contribution < -0.4 is 11.1 Å². The van der Waals surface area contributed by atoms with Crippen molar-refractivity contribution in [2.45, 2.75) is 18.4 Å². The summed E-state index contributed by atoms with van der Waals surface area (Å²) in [5.74, 6) is -0.566. The highest BCUT2D eigenvalue weighted by Crippen LogP contribution is 2.44. The normalized spacial score (nSPS) is 13.0. The summed E-state index contributed by atoms with van der Waals surface area (Å²) in [6.45, 7) is 0.444. The average Bonchev–Trinajstić information content (AvgIpc) is 2.99. The van der Waals surface area contributed by atoms with Crippen LogP contribution >= 0.6 is 12.4 Å². The molecular weight excluding hydrogens is 368 g/mol. The molecule has 1 aliphatic rings. The van der Waals surface area contributed by atoms with Crippen molar-refractivity contribution in [2.75, 3.05) is 20.3 Å². The van der Waals surface area contributed by atoms with E-state index in [4.69, 9.17) is 10.5 Å². The van der Waals surface area contributed by atoms with Gasteiger partial charge in [0.2, 0.25) is 0 Å². The fourth-order valence-electron chi connectivity index (χ4n) is 3.34. The highest BCUT2D eigenvalue weighted by atomic mass is 35.5. The van der Waals surface area contributed by atoms with E-state index in [2.05, 4.69) is 22.2 Å². The van der Waals surface area contributed by atoms with Crippen LogP contribution in [0.5, 0.6) is 0 Å². The lowest BCUT2D eigenvalue weighted by Gasteiger charge is -2.18. The lowest BCUT2D eigenvalue weighted by atomic mass is 9.98. The molecule has 0 aliphatic heterocycles. The van der Waals surface area contributed by atoms with Gasteiger partial charge in [0.05, 0.1) is 7.11 Å². The van der Waals surface area contributed by atoms with Crippen molar-refractivity contribution < 1.29 is 19.1 Å². The Kier molecular flexibility index (Phi) is 7.21. The monoisotopic (exact) mass is 390 g/mol. The zero-order valence-corrected chi connectivity index (χ0v) is 15.8. The molecule has 0 heterocycles. The summed E-state index contributed by atoms with van der Waals surface area (Å²) in [6, 6.07) is 15.4. The Bertz CT molecular complexity index is 767. The number of carbonyl (C=O) groups is 2. The fourth-order valence-corrected chi connectivity index (χ4v) is 3.34. The maximum atomic E-state index is 12.1. The zero-order valence-electron chi connectivity index (χ0n) is 15.0. The maximum absolute atomic E-state index is 12.1. The van der Waals surface area contributed by atoms with Gasteiger partial charge in [-0.2, -0.15) is 0 Å². The van der Waals surface area contributed by atoms with Crippen LogP contribution in [-0.4, -0.2) is 38.4 Å². The number of benzene rings is 2. The highest BCUT2D eigenvalue weighted by Gasteiger charge is 2.29. The molecule has 0 spiro atoms. The third-order valence-corrected chi connectivity index (χ3v) is 4.58. The van der Waals surface area contributed by atoms with Crippen molar-refractivity contribution in [3.63, 3.8) is 0 Å². The molecule has 2 aromatic rings. The topological polar surface area (TPSA) is 90.6 Å². The molecule has 0 fully saturated rings. The van der Waals surface area contributed by atoms with Gasteiger partial charge in [-0.25, -0.2) is 9.59 Å². The Morgan fingerprint density at radius 1 is 1.07 bits per heavy atom. The van der Waals surface area contributed by atoms with Gasteiger partial charge < -0.3 is 20.5 Å². The minimum atomic E-state index is -0.805. The molecule has 1 aliphatic carbocycles. The Morgan fingerprint density at radius 3 is 2.15 bits per heavy atom. The predicted molar refractivity (Wildman–Crippen MR) is 105 cm³/mol. The number of carbonyl (C=O) groups excluding carboxylic acids is 2. The summed E-state index contributed by atoms with van der Waals surface area (Å²) in [6.07, 6.45) is -0.368. The van der Waals surface area contributed by atoms with E-state index in [-0.39, 0.29) is 37.9 Å². The molecule has 0 radical (unpaired) electrons. The molecule has 0 saturated heterocycles. The second kappa shape index (κ2) is 9.39. The third-order valence-electron chi connectivity index (χ3n) is 4.58. The van der Waals surface area contributed by atoms with Crippen molar-refractivity contribution in [1.82, 2.24) is 5.32 Å². The Balaban J connectivity index is 0.00000261. The van der Waals surface area contributed by atoms with E-state index in [1.807, 2.05) is 36.4 Å². The van der Waals surface area contributed by atoms with E-state index < -0.39 is 18.1 Å². The van der Waals surface area contributed by atoms with Gasteiger partial charge in [0.15, 0.2) is 0 Å². The van der Waals surface area contributed by atoms with Crippen LogP contribution in [0.1, 0.15) is 23.5 Å². The SMILES string of the molecule is COC(=O)[C@H](CCN)NC(=O)OCC1c2ccccc2-c2ccccc21.Cl. The number of nitrogens with two attached hydrogens (primary N) is 1. The lowest BCUT2D eigenvalue weighted by molar-refractivity contribution is -0.143. The smallest absolute Gasteiger partial charge is 0.407 e. The molecular formula is C20H23ClN2O4. The van der Waals surface area contributed by atoms with Crippen molar-refractivity contribution in [3.05, 3.63) is 59.7 Å². The van der Waals surface area contributed by atoms with Gasteiger partial charge in [-0.15, -0.1) is 12.4 Å². The molecule has 144 valence electrons. The minimum absolute atomic E-state index is 0. The van der Waals surface area contributed by atoms with E-state index in [0.29, 0.717) is 0 Å². The first-order valence-electron chi connectivity index (χ1n) is 8.55.